The van der Waals surface area contributed by atoms with Crippen molar-refractivity contribution < 1.29 is 4.79 Å². The second kappa shape index (κ2) is 11.3. The van der Waals surface area contributed by atoms with Gasteiger partial charge in [-0.15, -0.1) is 11.8 Å². The van der Waals surface area contributed by atoms with Crippen LogP contribution in [0.15, 0.2) is 87.3 Å². The van der Waals surface area contributed by atoms with E-state index in [4.69, 9.17) is 0 Å². The van der Waals surface area contributed by atoms with Gasteiger partial charge in [-0.25, -0.2) is 0 Å². The van der Waals surface area contributed by atoms with Crippen molar-refractivity contribution in [2.24, 2.45) is 16.8 Å². The molecular formula is C31H39N5OS. The number of allylic oxidation sites excluding steroid dienone is 4. The summed E-state index contributed by atoms with van der Waals surface area (Å²) in [5.74, 6) is 2.55. The van der Waals surface area contributed by atoms with Crippen LogP contribution < -0.4 is 10.6 Å². The Morgan fingerprint density at radius 2 is 1.97 bits per heavy atom. The topological polar surface area (TPSA) is 60.0 Å². The Bertz CT molecular complexity index is 1260. The molecule has 4 aliphatic rings. The highest BCUT2D eigenvalue weighted by Gasteiger charge is 2.30. The molecular weight excluding hydrogens is 490 g/mol. The standard InChI is InChI=1S/C31H39N5OS/c1-20-13-21(2)19-36(18-20)30-8-6-7-26(34-30)27-12-11-24-16-32-25(15-28(24)35(27)4)17-33-31(37)23-10-9-22(3)29(14-23)38-5/h6-12,14-16,20-21,26,28,34H,13,17-19H2,1-5H3,(H,33,37). The van der Waals surface area contributed by atoms with Crippen molar-refractivity contribution in [1.82, 2.24) is 20.4 Å². The van der Waals surface area contributed by atoms with E-state index in [9.17, 15) is 4.79 Å². The number of likely N-dealkylation sites (N-methyl/N-ethyl adjacent to an activating group) is 1. The van der Waals surface area contributed by atoms with E-state index in [0.717, 1.165) is 29.3 Å². The van der Waals surface area contributed by atoms with Gasteiger partial charge >= 0.3 is 0 Å². The molecule has 1 saturated heterocycles. The zero-order chi connectivity index (χ0) is 26.8. The maximum Gasteiger partial charge on any atom is 0.251 e. The van der Waals surface area contributed by atoms with E-state index in [0.29, 0.717) is 23.9 Å². The third kappa shape index (κ3) is 5.63. The van der Waals surface area contributed by atoms with Gasteiger partial charge in [0.15, 0.2) is 0 Å². The van der Waals surface area contributed by atoms with Crippen molar-refractivity contribution >= 4 is 23.9 Å². The number of rotatable bonds is 6. The monoisotopic (exact) mass is 529 g/mol. The number of hydrogen-bond donors (Lipinski definition) is 2. The predicted molar refractivity (Wildman–Crippen MR) is 158 cm³/mol. The molecule has 1 amide bonds. The van der Waals surface area contributed by atoms with Gasteiger partial charge < -0.3 is 20.4 Å². The molecule has 1 aromatic carbocycles. The minimum Gasteiger partial charge on any atom is -0.365 e. The summed E-state index contributed by atoms with van der Waals surface area (Å²) in [7, 11) is 2.14. The molecule has 0 radical (unpaired) electrons. The normalized spacial score (nSPS) is 26.6. The Kier molecular flexibility index (Phi) is 7.84. The molecule has 4 unspecified atom stereocenters. The molecule has 0 saturated carbocycles. The van der Waals surface area contributed by atoms with Crippen molar-refractivity contribution in [3.8, 4) is 0 Å². The summed E-state index contributed by atoms with van der Waals surface area (Å²) in [5.41, 5.74) is 5.11. The Hall–Kier alpha value is -3.19. The summed E-state index contributed by atoms with van der Waals surface area (Å²) in [6.45, 7) is 9.36. The average molecular weight is 530 g/mol. The molecule has 1 fully saturated rings. The number of likely N-dealkylation sites (tertiary alicyclic amines) is 1. The summed E-state index contributed by atoms with van der Waals surface area (Å²) < 4.78 is 0. The van der Waals surface area contributed by atoms with Crippen LogP contribution in [0.5, 0.6) is 0 Å². The first kappa shape index (κ1) is 26.4. The summed E-state index contributed by atoms with van der Waals surface area (Å²) in [6, 6.07) is 6.03. The fraction of sp³-hybridized carbons (Fsp3) is 0.419. The lowest BCUT2D eigenvalue weighted by Gasteiger charge is -2.42. The van der Waals surface area contributed by atoms with Crippen LogP contribution in [0.1, 0.15) is 36.2 Å². The zero-order valence-corrected chi connectivity index (χ0v) is 23.9. The predicted octanol–water partition coefficient (Wildman–Crippen LogP) is 4.89. The fourth-order valence-electron chi connectivity index (χ4n) is 5.90. The SMILES string of the molecule is CSc1cc(C(=O)NCC2=CC3C(=CC=C(C4C=CC=C(N5CC(C)CC(C)C5)N4)N3C)C=N2)ccc1C. The second-order valence-electron chi connectivity index (χ2n) is 11.0. The molecule has 200 valence electrons. The van der Waals surface area contributed by atoms with E-state index in [2.05, 4.69) is 89.7 Å². The maximum atomic E-state index is 12.8. The first-order chi connectivity index (χ1) is 18.3. The highest BCUT2D eigenvalue weighted by molar-refractivity contribution is 7.98. The Labute approximate surface area is 231 Å². The molecule has 4 atom stereocenters. The number of benzene rings is 1. The number of fused-ring (bicyclic) bond motifs is 1. The number of dihydropyridines is 1. The molecule has 2 N–H and O–H groups in total. The van der Waals surface area contributed by atoms with Crippen LogP contribution in [-0.4, -0.2) is 66.9 Å². The van der Waals surface area contributed by atoms with E-state index in [-0.39, 0.29) is 18.0 Å². The number of amides is 1. The number of nitrogens with one attached hydrogen (secondary N) is 2. The largest absolute Gasteiger partial charge is 0.365 e. The van der Waals surface area contributed by atoms with Gasteiger partial charge in [-0.2, -0.15) is 0 Å². The van der Waals surface area contributed by atoms with Crippen molar-refractivity contribution in [1.29, 1.82) is 0 Å². The van der Waals surface area contributed by atoms with Gasteiger partial charge in [0, 0.05) is 42.5 Å². The maximum absolute atomic E-state index is 12.8. The number of piperidine rings is 1. The Morgan fingerprint density at radius 1 is 1.18 bits per heavy atom. The van der Waals surface area contributed by atoms with Gasteiger partial charge in [0.1, 0.15) is 5.82 Å². The van der Waals surface area contributed by atoms with E-state index in [1.807, 2.05) is 30.7 Å². The number of hydrogen-bond acceptors (Lipinski definition) is 6. The van der Waals surface area contributed by atoms with Gasteiger partial charge in [0.25, 0.3) is 5.91 Å². The van der Waals surface area contributed by atoms with Gasteiger partial charge in [0.2, 0.25) is 0 Å². The highest BCUT2D eigenvalue weighted by atomic mass is 32.2. The summed E-state index contributed by atoms with van der Waals surface area (Å²) in [6.07, 6.45) is 18.4. The quantitative estimate of drug-likeness (QED) is 0.514. The van der Waals surface area contributed by atoms with Crippen LogP contribution in [0.3, 0.4) is 0 Å². The number of thioether (sulfide) groups is 1. The summed E-state index contributed by atoms with van der Waals surface area (Å²) >= 11 is 1.66. The lowest BCUT2D eigenvalue weighted by molar-refractivity contribution is 0.0956. The second-order valence-corrected chi connectivity index (χ2v) is 11.9. The van der Waals surface area contributed by atoms with Crippen LogP contribution in [-0.2, 0) is 0 Å². The van der Waals surface area contributed by atoms with Gasteiger partial charge in [-0.1, -0.05) is 38.1 Å². The Morgan fingerprint density at radius 3 is 2.74 bits per heavy atom. The molecule has 5 rings (SSSR count). The molecule has 4 aliphatic heterocycles. The van der Waals surface area contributed by atoms with E-state index in [1.54, 1.807) is 11.8 Å². The average Bonchev–Trinajstić information content (AvgIpc) is 2.92. The highest BCUT2D eigenvalue weighted by Crippen LogP contribution is 2.30. The van der Waals surface area contributed by atoms with E-state index in [1.165, 1.54) is 23.5 Å². The van der Waals surface area contributed by atoms with Gasteiger partial charge in [0.05, 0.1) is 24.3 Å². The lowest BCUT2D eigenvalue weighted by Crippen LogP contribution is -2.48. The number of aryl methyl sites for hydroxylation is 1. The third-order valence-corrected chi connectivity index (χ3v) is 8.71. The van der Waals surface area contributed by atoms with E-state index >= 15 is 0 Å². The van der Waals surface area contributed by atoms with Crippen molar-refractivity contribution in [3.05, 3.63) is 88.6 Å². The number of aliphatic imine (C=N–C) groups is 1. The molecule has 0 bridgehead atoms. The molecule has 0 aliphatic carbocycles. The van der Waals surface area contributed by atoms with Crippen molar-refractivity contribution in [2.75, 3.05) is 32.9 Å². The molecule has 1 aromatic rings. The first-order valence-electron chi connectivity index (χ1n) is 13.5. The number of nitrogens with zero attached hydrogens (tertiary/aromatic N) is 3. The third-order valence-electron chi connectivity index (χ3n) is 7.83. The van der Waals surface area contributed by atoms with E-state index < -0.39 is 0 Å². The van der Waals surface area contributed by atoms with Gasteiger partial charge in [-0.05, 0) is 72.9 Å². The van der Waals surface area contributed by atoms with Crippen molar-refractivity contribution in [2.45, 2.75) is 44.2 Å². The fourth-order valence-corrected chi connectivity index (χ4v) is 6.53. The van der Waals surface area contributed by atoms with Gasteiger partial charge in [-0.3, -0.25) is 9.79 Å². The summed E-state index contributed by atoms with van der Waals surface area (Å²) in [5, 5.41) is 6.84. The smallest absolute Gasteiger partial charge is 0.251 e. The molecule has 4 heterocycles. The van der Waals surface area contributed by atoms with Crippen molar-refractivity contribution in [3.63, 3.8) is 0 Å². The molecule has 38 heavy (non-hydrogen) atoms. The minimum absolute atomic E-state index is 0.0764. The van der Waals surface area contributed by atoms with Crippen LogP contribution >= 0.6 is 11.8 Å². The minimum atomic E-state index is -0.0764. The Balaban J connectivity index is 1.24. The lowest BCUT2D eigenvalue weighted by atomic mass is 9.91. The molecule has 0 spiro atoms. The van der Waals surface area contributed by atoms with Crippen LogP contribution in [0.2, 0.25) is 0 Å². The molecule has 7 heteroatoms. The van der Waals surface area contributed by atoms with Crippen LogP contribution in [0.4, 0.5) is 0 Å². The number of carbonyl (C=O) groups is 1. The molecule has 6 nitrogen and oxygen atoms in total. The number of carbonyl (C=O) groups excluding carboxylic acids is 1. The van der Waals surface area contributed by atoms with Crippen LogP contribution in [0, 0.1) is 18.8 Å². The zero-order valence-electron chi connectivity index (χ0n) is 23.1. The molecule has 0 aromatic heterocycles. The first-order valence-corrected chi connectivity index (χ1v) is 14.8. The van der Waals surface area contributed by atoms with Crippen LogP contribution in [0.25, 0.3) is 0 Å². The summed E-state index contributed by atoms with van der Waals surface area (Å²) in [4.78, 5) is 23.4.